The molecule has 2 aromatic carbocycles. The summed E-state index contributed by atoms with van der Waals surface area (Å²) in [4.78, 5) is 41.6. The van der Waals surface area contributed by atoms with E-state index in [9.17, 15) is 27.6 Å². The van der Waals surface area contributed by atoms with E-state index in [2.05, 4.69) is 15.6 Å². The summed E-state index contributed by atoms with van der Waals surface area (Å²) >= 11 is 0. The van der Waals surface area contributed by atoms with Crippen LogP contribution < -0.4 is 16.2 Å². The molecule has 0 radical (unpaired) electrons. The Kier molecular flexibility index (Phi) is 5.45. The van der Waals surface area contributed by atoms with Gasteiger partial charge in [-0.15, -0.1) is 0 Å². The van der Waals surface area contributed by atoms with E-state index in [4.69, 9.17) is 0 Å². The van der Waals surface area contributed by atoms with Crippen LogP contribution in [0.1, 0.15) is 35.8 Å². The predicted molar refractivity (Wildman–Crippen MR) is 111 cm³/mol. The Labute approximate surface area is 180 Å². The summed E-state index contributed by atoms with van der Waals surface area (Å²) in [7, 11) is 0. The quantitative estimate of drug-likeness (QED) is 0.603. The third kappa shape index (κ3) is 4.08. The Morgan fingerprint density at radius 2 is 1.84 bits per heavy atom. The van der Waals surface area contributed by atoms with Crippen molar-refractivity contribution in [2.75, 3.05) is 5.32 Å². The summed E-state index contributed by atoms with van der Waals surface area (Å²) in [5.74, 6) is -0.593. The minimum Gasteiger partial charge on any atom is -0.380 e. The highest BCUT2D eigenvalue weighted by atomic mass is 19.4. The number of hydrogen-bond acceptors (Lipinski definition) is 5. The Balaban J connectivity index is 1.68. The molecule has 32 heavy (non-hydrogen) atoms. The second-order valence-electron chi connectivity index (χ2n) is 7.55. The number of benzene rings is 2. The van der Waals surface area contributed by atoms with Crippen molar-refractivity contribution < 1.29 is 22.8 Å². The largest absolute Gasteiger partial charge is 0.416 e. The van der Waals surface area contributed by atoms with Gasteiger partial charge in [-0.05, 0) is 43.2 Å². The molecule has 1 aliphatic rings. The van der Waals surface area contributed by atoms with E-state index < -0.39 is 29.2 Å². The summed E-state index contributed by atoms with van der Waals surface area (Å²) in [5.41, 5.74) is 0.297. The number of carbonyl (C=O) groups is 2. The Morgan fingerprint density at radius 3 is 2.50 bits per heavy atom. The third-order valence-corrected chi connectivity index (χ3v) is 5.39. The summed E-state index contributed by atoms with van der Waals surface area (Å²) in [6.07, 6.45) is -4.10. The van der Waals surface area contributed by atoms with E-state index in [-0.39, 0.29) is 30.7 Å². The monoisotopic (exact) mass is 444 g/mol. The number of rotatable bonds is 4. The molecule has 10 heteroatoms. The van der Waals surface area contributed by atoms with Gasteiger partial charge in [0.05, 0.1) is 16.5 Å². The normalized spacial score (nSPS) is 16.8. The van der Waals surface area contributed by atoms with Gasteiger partial charge >= 0.3 is 6.18 Å². The first-order chi connectivity index (χ1) is 15.1. The van der Waals surface area contributed by atoms with Crippen LogP contribution in [-0.4, -0.2) is 21.4 Å². The van der Waals surface area contributed by atoms with Crippen molar-refractivity contribution in [3.05, 3.63) is 69.8 Å². The highest BCUT2D eigenvalue weighted by molar-refractivity contribution is 5.99. The van der Waals surface area contributed by atoms with Crippen molar-refractivity contribution in [3.63, 3.8) is 0 Å². The van der Waals surface area contributed by atoms with Crippen LogP contribution in [0.5, 0.6) is 0 Å². The lowest BCUT2D eigenvalue weighted by Crippen LogP contribution is -2.45. The molecule has 1 aliphatic heterocycles. The molecule has 1 aromatic heterocycles. The smallest absolute Gasteiger partial charge is 0.380 e. The average Bonchev–Trinajstić information content (AvgIpc) is 2.73. The maximum Gasteiger partial charge on any atom is 0.416 e. The SMILES string of the molecule is Cc1nc2cccc(NCc3ccc(C(F)(F)F)cc3)c2c(=O)n1C1CCC(=O)NC1=O. The van der Waals surface area contributed by atoms with Crippen molar-refractivity contribution in [1.82, 2.24) is 14.9 Å². The highest BCUT2D eigenvalue weighted by Crippen LogP contribution is 2.29. The van der Waals surface area contributed by atoms with Gasteiger partial charge in [-0.2, -0.15) is 13.2 Å². The number of nitrogens with one attached hydrogen (secondary N) is 2. The third-order valence-electron chi connectivity index (χ3n) is 5.39. The van der Waals surface area contributed by atoms with Crippen LogP contribution in [0, 0.1) is 6.92 Å². The van der Waals surface area contributed by atoms with Crippen LogP contribution in [0.3, 0.4) is 0 Å². The van der Waals surface area contributed by atoms with E-state index in [0.717, 1.165) is 12.1 Å². The van der Waals surface area contributed by atoms with Crippen LogP contribution in [-0.2, 0) is 22.3 Å². The molecule has 166 valence electrons. The molecular weight excluding hydrogens is 425 g/mol. The van der Waals surface area contributed by atoms with Crippen LogP contribution in [0.25, 0.3) is 10.9 Å². The molecule has 0 saturated carbocycles. The maximum atomic E-state index is 13.4. The Bertz CT molecular complexity index is 1270. The number of aryl methyl sites for hydroxylation is 1. The molecule has 0 bridgehead atoms. The van der Waals surface area contributed by atoms with Gasteiger partial charge in [-0.25, -0.2) is 4.98 Å². The number of amides is 2. The maximum absolute atomic E-state index is 13.4. The summed E-state index contributed by atoms with van der Waals surface area (Å²) < 4.78 is 39.6. The molecule has 3 aromatic rings. The van der Waals surface area contributed by atoms with Gasteiger partial charge in [0.2, 0.25) is 11.8 Å². The van der Waals surface area contributed by atoms with Gasteiger partial charge in [0, 0.05) is 18.7 Å². The number of aromatic nitrogens is 2. The average molecular weight is 444 g/mol. The number of anilines is 1. The van der Waals surface area contributed by atoms with E-state index in [1.807, 2.05) is 0 Å². The molecule has 1 unspecified atom stereocenters. The molecule has 7 nitrogen and oxygen atoms in total. The highest BCUT2D eigenvalue weighted by Gasteiger charge is 2.31. The zero-order chi connectivity index (χ0) is 23.0. The first-order valence-electron chi connectivity index (χ1n) is 9.90. The van der Waals surface area contributed by atoms with Crippen LogP contribution in [0.4, 0.5) is 18.9 Å². The van der Waals surface area contributed by atoms with E-state index in [1.54, 1.807) is 25.1 Å². The number of piperidine rings is 1. The minimum atomic E-state index is -4.41. The fourth-order valence-corrected chi connectivity index (χ4v) is 3.81. The zero-order valence-corrected chi connectivity index (χ0v) is 17.0. The number of imide groups is 1. The number of fused-ring (bicyclic) bond motifs is 1. The van der Waals surface area contributed by atoms with Crippen LogP contribution in [0.15, 0.2) is 47.3 Å². The molecule has 4 rings (SSSR count). The fourth-order valence-electron chi connectivity index (χ4n) is 3.81. The summed E-state index contributed by atoms with van der Waals surface area (Å²) in [5, 5.41) is 5.59. The zero-order valence-electron chi connectivity index (χ0n) is 17.0. The van der Waals surface area contributed by atoms with Gasteiger partial charge in [0.25, 0.3) is 5.56 Å². The Hall–Kier alpha value is -3.69. The fraction of sp³-hybridized carbons (Fsp3) is 0.273. The molecule has 0 aliphatic carbocycles. The van der Waals surface area contributed by atoms with E-state index in [1.165, 1.54) is 16.7 Å². The second-order valence-corrected chi connectivity index (χ2v) is 7.55. The molecule has 2 heterocycles. The van der Waals surface area contributed by atoms with Gasteiger partial charge in [0.1, 0.15) is 11.9 Å². The van der Waals surface area contributed by atoms with E-state index >= 15 is 0 Å². The summed E-state index contributed by atoms with van der Waals surface area (Å²) in [6, 6.07) is 8.93. The minimum absolute atomic E-state index is 0.119. The molecule has 2 N–H and O–H groups in total. The lowest BCUT2D eigenvalue weighted by molar-refractivity contribution is -0.138. The summed E-state index contributed by atoms with van der Waals surface area (Å²) in [6.45, 7) is 1.80. The van der Waals surface area contributed by atoms with Crippen molar-refractivity contribution in [1.29, 1.82) is 0 Å². The van der Waals surface area contributed by atoms with Crippen molar-refractivity contribution >= 4 is 28.4 Å². The molecule has 1 saturated heterocycles. The van der Waals surface area contributed by atoms with Crippen molar-refractivity contribution in [3.8, 4) is 0 Å². The van der Waals surface area contributed by atoms with Crippen molar-refractivity contribution in [2.45, 2.75) is 38.5 Å². The number of carbonyl (C=O) groups excluding carboxylic acids is 2. The Morgan fingerprint density at radius 1 is 1.12 bits per heavy atom. The molecule has 0 spiro atoms. The van der Waals surface area contributed by atoms with Gasteiger partial charge in [-0.3, -0.25) is 24.3 Å². The number of alkyl halides is 3. The first-order valence-corrected chi connectivity index (χ1v) is 9.90. The molecule has 1 atom stereocenters. The number of halogens is 3. The van der Waals surface area contributed by atoms with Gasteiger partial charge < -0.3 is 5.32 Å². The number of hydrogen-bond donors (Lipinski definition) is 2. The predicted octanol–water partition coefficient (Wildman–Crippen LogP) is 3.31. The molecular formula is C22H19F3N4O3. The van der Waals surface area contributed by atoms with Crippen LogP contribution in [0.2, 0.25) is 0 Å². The standard InChI is InChI=1S/C22H19F3N4O3/c1-12-27-16-4-2-3-15(26-11-13-5-7-14(8-6-13)22(23,24)25)19(16)21(32)29(12)17-9-10-18(30)28-20(17)31/h2-8,17,26H,9-11H2,1H3,(H,28,30,31). The first kappa shape index (κ1) is 21.5. The topological polar surface area (TPSA) is 93.1 Å². The van der Waals surface area contributed by atoms with Gasteiger partial charge in [-0.1, -0.05) is 18.2 Å². The van der Waals surface area contributed by atoms with Gasteiger partial charge in [0.15, 0.2) is 0 Å². The lowest BCUT2D eigenvalue weighted by Gasteiger charge is -2.24. The van der Waals surface area contributed by atoms with E-state index in [0.29, 0.717) is 22.6 Å². The number of nitrogens with zero attached hydrogens (tertiary/aromatic N) is 2. The molecule has 1 fully saturated rings. The lowest BCUT2D eigenvalue weighted by atomic mass is 10.1. The van der Waals surface area contributed by atoms with Crippen LogP contribution >= 0.6 is 0 Å². The van der Waals surface area contributed by atoms with Crippen molar-refractivity contribution in [2.24, 2.45) is 0 Å². The molecule has 2 amide bonds. The second kappa shape index (κ2) is 8.10.